The summed E-state index contributed by atoms with van der Waals surface area (Å²) in [6, 6.07) is 7.02. The maximum absolute atomic E-state index is 11.3. The summed E-state index contributed by atoms with van der Waals surface area (Å²) >= 11 is 11.8. The molecule has 0 unspecified atom stereocenters. The molecule has 6 nitrogen and oxygen atoms in total. The molecule has 1 aromatic carbocycles. The third-order valence-electron chi connectivity index (χ3n) is 2.25. The lowest BCUT2D eigenvalue weighted by Gasteiger charge is -2.07. The molecule has 2 aromatic rings. The number of rotatable bonds is 4. The second-order valence-corrected chi connectivity index (χ2v) is 4.36. The Morgan fingerprint density at radius 2 is 2.11 bits per heavy atom. The van der Waals surface area contributed by atoms with Gasteiger partial charge in [0.1, 0.15) is 5.75 Å². The van der Waals surface area contributed by atoms with Crippen LogP contribution in [0.3, 0.4) is 0 Å². The molecule has 0 aliphatic carbocycles. The highest BCUT2D eigenvalue weighted by Gasteiger charge is 2.14. The number of hydrogen-bond donors (Lipinski definition) is 2. The van der Waals surface area contributed by atoms with E-state index in [4.69, 9.17) is 33.8 Å². The van der Waals surface area contributed by atoms with Gasteiger partial charge < -0.3 is 4.74 Å². The van der Waals surface area contributed by atoms with E-state index in [1.165, 1.54) is 10.9 Å². The Kier molecular flexibility index (Phi) is 4.26. The number of carbonyl (C=O) groups is 1. The molecule has 0 bridgehead atoms. The first kappa shape index (κ1) is 13.7. The monoisotopic (exact) mass is 300 g/mol. The molecule has 19 heavy (non-hydrogen) atoms. The predicted molar refractivity (Wildman–Crippen MR) is 71.0 cm³/mol. The quantitative estimate of drug-likeness (QED) is 0.513. The van der Waals surface area contributed by atoms with Crippen LogP contribution in [-0.2, 0) is 6.73 Å². The standard InChI is InChI=1S/C11H10Cl2N4O2/c12-7-3-1-2-4-9(7)19-6-17-5-8(13)10(16-17)11(18)15-14/h1-5H,6,14H2,(H,15,18). The smallest absolute Gasteiger partial charge is 0.287 e. The minimum atomic E-state index is -0.568. The fourth-order valence-electron chi connectivity index (χ4n) is 1.38. The number of nitrogens with one attached hydrogen (secondary N) is 1. The minimum absolute atomic E-state index is 0.0342. The van der Waals surface area contributed by atoms with Crippen LogP contribution in [-0.4, -0.2) is 15.7 Å². The molecule has 0 fully saturated rings. The summed E-state index contributed by atoms with van der Waals surface area (Å²) in [6.07, 6.45) is 1.46. The Labute approximate surface area is 119 Å². The lowest BCUT2D eigenvalue weighted by atomic mass is 10.3. The summed E-state index contributed by atoms with van der Waals surface area (Å²) in [5, 5.41) is 4.62. The summed E-state index contributed by atoms with van der Waals surface area (Å²) in [6.45, 7) is 0.0707. The molecular formula is C11H10Cl2N4O2. The van der Waals surface area contributed by atoms with Crippen LogP contribution in [0.25, 0.3) is 0 Å². The van der Waals surface area contributed by atoms with E-state index in [0.717, 1.165) is 0 Å². The van der Waals surface area contributed by atoms with E-state index in [2.05, 4.69) is 5.10 Å². The number of para-hydroxylation sites is 1. The van der Waals surface area contributed by atoms with Crippen LogP contribution in [0.4, 0.5) is 0 Å². The lowest BCUT2D eigenvalue weighted by molar-refractivity contribution is 0.0946. The lowest BCUT2D eigenvalue weighted by Crippen LogP contribution is -2.30. The fourth-order valence-corrected chi connectivity index (χ4v) is 1.81. The van der Waals surface area contributed by atoms with Crippen molar-refractivity contribution in [1.82, 2.24) is 15.2 Å². The number of carbonyl (C=O) groups excluding carboxylic acids is 1. The van der Waals surface area contributed by atoms with Crippen LogP contribution in [0.15, 0.2) is 30.5 Å². The van der Waals surface area contributed by atoms with Gasteiger partial charge in [0.2, 0.25) is 0 Å². The first-order valence-corrected chi connectivity index (χ1v) is 5.98. The number of aromatic nitrogens is 2. The van der Waals surface area contributed by atoms with Crippen LogP contribution in [0.1, 0.15) is 10.5 Å². The van der Waals surface area contributed by atoms with Crippen molar-refractivity contribution < 1.29 is 9.53 Å². The molecule has 1 aromatic heterocycles. The van der Waals surface area contributed by atoms with Gasteiger partial charge in [0.15, 0.2) is 12.4 Å². The summed E-state index contributed by atoms with van der Waals surface area (Å²) < 4.78 is 6.82. The van der Waals surface area contributed by atoms with Gasteiger partial charge in [-0.05, 0) is 12.1 Å². The van der Waals surface area contributed by atoms with Gasteiger partial charge in [-0.2, -0.15) is 5.10 Å². The topological polar surface area (TPSA) is 82.2 Å². The van der Waals surface area contributed by atoms with Gasteiger partial charge in [0, 0.05) is 6.20 Å². The van der Waals surface area contributed by atoms with Crippen LogP contribution in [0.2, 0.25) is 10.0 Å². The Hall–Kier alpha value is -1.76. The van der Waals surface area contributed by atoms with Crippen molar-refractivity contribution in [3.8, 4) is 5.75 Å². The third kappa shape index (κ3) is 3.17. The fraction of sp³-hybridized carbons (Fsp3) is 0.0909. The molecule has 3 N–H and O–H groups in total. The first-order chi connectivity index (χ1) is 9.11. The maximum Gasteiger partial charge on any atom is 0.287 e. The number of hydrazine groups is 1. The largest absolute Gasteiger partial charge is 0.470 e. The first-order valence-electron chi connectivity index (χ1n) is 5.23. The number of nitrogens with two attached hydrogens (primary N) is 1. The number of nitrogens with zero attached hydrogens (tertiary/aromatic N) is 2. The van der Waals surface area contributed by atoms with Gasteiger partial charge in [-0.15, -0.1) is 0 Å². The van der Waals surface area contributed by atoms with Crippen LogP contribution in [0.5, 0.6) is 5.75 Å². The molecule has 0 aliphatic rings. The highest BCUT2D eigenvalue weighted by atomic mass is 35.5. The molecule has 0 atom stereocenters. The average Bonchev–Trinajstić information content (AvgIpc) is 2.78. The zero-order valence-corrected chi connectivity index (χ0v) is 11.1. The van der Waals surface area contributed by atoms with Gasteiger partial charge in [-0.1, -0.05) is 35.3 Å². The molecule has 0 radical (unpaired) electrons. The average molecular weight is 301 g/mol. The van der Waals surface area contributed by atoms with E-state index >= 15 is 0 Å². The Balaban J connectivity index is 2.09. The van der Waals surface area contributed by atoms with Crippen LogP contribution in [0, 0.1) is 0 Å². The van der Waals surface area contributed by atoms with Crippen molar-refractivity contribution in [1.29, 1.82) is 0 Å². The molecule has 0 spiro atoms. The second kappa shape index (κ2) is 5.92. The van der Waals surface area contributed by atoms with Crippen molar-refractivity contribution in [3.63, 3.8) is 0 Å². The van der Waals surface area contributed by atoms with Crippen LogP contribution >= 0.6 is 23.2 Å². The van der Waals surface area contributed by atoms with E-state index in [0.29, 0.717) is 10.8 Å². The van der Waals surface area contributed by atoms with Gasteiger partial charge in [-0.25, -0.2) is 10.5 Å². The molecule has 100 valence electrons. The van der Waals surface area contributed by atoms with Gasteiger partial charge in [0.25, 0.3) is 5.91 Å². The highest BCUT2D eigenvalue weighted by Crippen LogP contribution is 2.23. The van der Waals surface area contributed by atoms with Gasteiger partial charge in [-0.3, -0.25) is 10.2 Å². The zero-order valence-electron chi connectivity index (χ0n) is 9.64. The number of hydrogen-bond acceptors (Lipinski definition) is 4. The van der Waals surface area contributed by atoms with Crippen molar-refractivity contribution in [2.45, 2.75) is 6.73 Å². The van der Waals surface area contributed by atoms with E-state index in [1.54, 1.807) is 24.3 Å². The van der Waals surface area contributed by atoms with Gasteiger partial charge in [0.05, 0.1) is 10.0 Å². The zero-order chi connectivity index (χ0) is 13.8. The molecule has 0 aliphatic heterocycles. The summed E-state index contributed by atoms with van der Waals surface area (Å²) in [5.74, 6) is 4.96. The number of ether oxygens (including phenoxy) is 1. The minimum Gasteiger partial charge on any atom is -0.470 e. The van der Waals surface area contributed by atoms with E-state index < -0.39 is 5.91 Å². The summed E-state index contributed by atoms with van der Waals surface area (Å²) in [7, 11) is 0. The number of benzene rings is 1. The van der Waals surface area contributed by atoms with E-state index in [9.17, 15) is 4.79 Å². The maximum atomic E-state index is 11.3. The second-order valence-electron chi connectivity index (χ2n) is 3.54. The normalized spacial score (nSPS) is 10.3. The number of nitrogen functional groups attached to an aromatic ring is 1. The number of halogens is 2. The summed E-state index contributed by atoms with van der Waals surface area (Å²) in [5.41, 5.74) is 1.99. The Bertz CT molecular complexity index is 600. The van der Waals surface area contributed by atoms with Crippen molar-refractivity contribution >= 4 is 29.1 Å². The van der Waals surface area contributed by atoms with E-state index in [-0.39, 0.29) is 17.4 Å². The number of amides is 1. The Morgan fingerprint density at radius 1 is 1.37 bits per heavy atom. The molecular weight excluding hydrogens is 291 g/mol. The van der Waals surface area contributed by atoms with Gasteiger partial charge >= 0.3 is 0 Å². The molecule has 1 heterocycles. The molecule has 0 saturated carbocycles. The van der Waals surface area contributed by atoms with Crippen molar-refractivity contribution in [3.05, 3.63) is 46.2 Å². The third-order valence-corrected chi connectivity index (χ3v) is 2.84. The molecule has 0 saturated heterocycles. The molecule has 1 amide bonds. The highest BCUT2D eigenvalue weighted by molar-refractivity contribution is 6.33. The van der Waals surface area contributed by atoms with Crippen molar-refractivity contribution in [2.24, 2.45) is 5.84 Å². The van der Waals surface area contributed by atoms with Crippen LogP contribution < -0.4 is 16.0 Å². The SMILES string of the molecule is NNC(=O)c1nn(COc2ccccc2Cl)cc1Cl. The van der Waals surface area contributed by atoms with Crippen molar-refractivity contribution in [2.75, 3.05) is 0 Å². The summed E-state index contributed by atoms with van der Waals surface area (Å²) in [4.78, 5) is 11.3. The predicted octanol–water partition coefficient (Wildman–Crippen LogP) is 1.83. The van der Waals surface area contributed by atoms with E-state index in [1.807, 2.05) is 5.43 Å². The molecule has 2 rings (SSSR count). The Morgan fingerprint density at radius 3 is 2.79 bits per heavy atom. The molecule has 8 heteroatoms.